The van der Waals surface area contributed by atoms with E-state index in [2.05, 4.69) is 14.9 Å². The molecule has 0 atom stereocenters. The maximum absolute atomic E-state index is 13.4. The van der Waals surface area contributed by atoms with Crippen LogP contribution in [0.1, 0.15) is 41.5 Å². The van der Waals surface area contributed by atoms with Gasteiger partial charge < -0.3 is 5.32 Å². The van der Waals surface area contributed by atoms with Gasteiger partial charge in [0.15, 0.2) is 11.6 Å². The summed E-state index contributed by atoms with van der Waals surface area (Å²) < 4.78 is 54.4. The summed E-state index contributed by atoms with van der Waals surface area (Å²) in [6, 6.07) is 7.58. The molecule has 2 aromatic carbocycles. The molecule has 1 amide bonds. The number of benzene rings is 2. The van der Waals surface area contributed by atoms with E-state index in [4.69, 9.17) is 0 Å². The number of carbonyl (C=O) groups is 1. The lowest BCUT2D eigenvalue weighted by Gasteiger charge is -2.32. The van der Waals surface area contributed by atoms with E-state index in [0.29, 0.717) is 23.2 Å². The number of hydrogen-bond acceptors (Lipinski definition) is 4. The monoisotopic (exact) mass is 479 g/mol. The Kier molecular flexibility index (Phi) is 8.20. The van der Waals surface area contributed by atoms with Crippen molar-refractivity contribution in [3.63, 3.8) is 0 Å². The smallest absolute Gasteiger partial charge is 0.241 e. The standard InChI is InChI=1S/C24H31F2N3O3S/c1-16-12-17(2)24(18(3)13-16)33(31,32)27-9-6-23(30)28-20-7-10-29(11-8-20)15-19-4-5-21(25)22(26)14-19/h4-5,12-14,20,27H,6-11,15H2,1-3H3,(H,28,30). The van der Waals surface area contributed by atoms with Crippen LogP contribution >= 0.6 is 0 Å². The van der Waals surface area contributed by atoms with Gasteiger partial charge in [-0.25, -0.2) is 21.9 Å². The highest BCUT2D eigenvalue weighted by Crippen LogP contribution is 2.21. The molecule has 0 bridgehead atoms. The molecule has 33 heavy (non-hydrogen) atoms. The van der Waals surface area contributed by atoms with Crippen molar-refractivity contribution >= 4 is 15.9 Å². The minimum atomic E-state index is -3.70. The van der Waals surface area contributed by atoms with Gasteiger partial charge in [0.25, 0.3) is 0 Å². The molecule has 3 rings (SSSR count). The zero-order valence-corrected chi connectivity index (χ0v) is 20.1. The van der Waals surface area contributed by atoms with E-state index in [1.807, 2.05) is 19.1 Å². The summed E-state index contributed by atoms with van der Waals surface area (Å²) in [4.78, 5) is 14.7. The number of nitrogens with one attached hydrogen (secondary N) is 2. The molecule has 0 spiro atoms. The molecule has 6 nitrogen and oxygen atoms in total. The van der Waals surface area contributed by atoms with E-state index in [-0.39, 0.29) is 29.8 Å². The van der Waals surface area contributed by atoms with Crippen LogP contribution in [0.5, 0.6) is 0 Å². The summed E-state index contributed by atoms with van der Waals surface area (Å²) in [7, 11) is -3.70. The zero-order valence-electron chi connectivity index (χ0n) is 19.2. The summed E-state index contributed by atoms with van der Waals surface area (Å²) in [5, 5.41) is 2.97. The van der Waals surface area contributed by atoms with Gasteiger partial charge in [0, 0.05) is 38.6 Å². The first-order chi connectivity index (χ1) is 15.5. The first-order valence-electron chi connectivity index (χ1n) is 11.1. The number of aryl methyl sites for hydroxylation is 3. The Morgan fingerprint density at radius 3 is 2.27 bits per heavy atom. The predicted octanol–water partition coefficient (Wildman–Crippen LogP) is 3.34. The molecular weight excluding hydrogens is 448 g/mol. The Bertz CT molecular complexity index is 1090. The van der Waals surface area contributed by atoms with Crippen LogP contribution in [-0.2, 0) is 21.4 Å². The Morgan fingerprint density at radius 1 is 1.03 bits per heavy atom. The second kappa shape index (κ2) is 10.7. The highest BCUT2D eigenvalue weighted by Gasteiger charge is 2.22. The van der Waals surface area contributed by atoms with Crippen LogP contribution in [0.2, 0.25) is 0 Å². The number of rotatable bonds is 8. The molecule has 0 saturated carbocycles. The van der Waals surface area contributed by atoms with Gasteiger partial charge in [-0.3, -0.25) is 9.69 Å². The van der Waals surface area contributed by atoms with Crippen LogP contribution in [-0.4, -0.2) is 44.9 Å². The first-order valence-corrected chi connectivity index (χ1v) is 12.6. The lowest BCUT2D eigenvalue weighted by molar-refractivity contribution is -0.121. The summed E-state index contributed by atoms with van der Waals surface area (Å²) in [6.07, 6.45) is 1.53. The average Bonchev–Trinajstić information content (AvgIpc) is 2.71. The van der Waals surface area contributed by atoms with Crippen molar-refractivity contribution in [2.24, 2.45) is 0 Å². The van der Waals surface area contributed by atoms with Crippen LogP contribution in [0.3, 0.4) is 0 Å². The van der Waals surface area contributed by atoms with Gasteiger partial charge in [-0.1, -0.05) is 23.8 Å². The van der Waals surface area contributed by atoms with Crippen LogP contribution in [0.15, 0.2) is 35.2 Å². The van der Waals surface area contributed by atoms with E-state index in [1.165, 1.54) is 6.07 Å². The number of halogens is 2. The summed E-state index contributed by atoms with van der Waals surface area (Å²) in [5.41, 5.74) is 3.07. The fourth-order valence-electron chi connectivity index (χ4n) is 4.39. The normalized spacial score (nSPS) is 15.5. The van der Waals surface area contributed by atoms with Crippen molar-refractivity contribution in [1.82, 2.24) is 14.9 Å². The van der Waals surface area contributed by atoms with Crippen LogP contribution in [0, 0.1) is 32.4 Å². The Balaban J connectivity index is 1.42. The van der Waals surface area contributed by atoms with E-state index >= 15 is 0 Å². The summed E-state index contributed by atoms with van der Waals surface area (Å²) in [6.45, 7) is 7.44. The number of nitrogens with zero attached hydrogens (tertiary/aromatic N) is 1. The van der Waals surface area contributed by atoms with Crippen LogP contribution in [0.4, 0.5) is 8.78 Å². The molecular formula is C24H31F2N3O3S. The second-order valence-electron chi connectivity index (χ2n) is 8.74. The van der Waals surface area contributed by atoms with Gasteiger partial charge in [0.05, 0.1) is 4.90 Å². The fourth-order valence-corrected chi connectivity index (χ4v) is 5.87. The third kappa shape index (κ3) is 6.82. The molecule has 1 aliphatic heterocycles. The molecule has 0 unspecified atom stereocenters. The molecule has 0 aliphatic carbocycles. The molecule has 1 aliphatic rings. The molecule has 0 aromatic heterocycles. The molecule has 1 fully saturated rings. The molecule has 1 saturated heterocycles. The number of likely N-dealkylation sites (tertiary alicyclic amines) is 1. The number of piperidine rings is 1. The Morgan fingerprint density at radius 2 is 1.67 bits per heavy atom. The van der Waals surface area contributed by atoms with Gasteiger partial charge in [-0.2, -0.15) is 0 Å². The molecule has 180 valence electrons. The quantitative estimate of drug-likeness (QED) is 0.609. The maximum atomic E-state index is 13.4. The first kappa shape index (κ1) is 25.3. The van der Waals surface area contributed by atoms with Crippen LogP contribution < -0.4 is 10.0 Å². The van der Waals surface area contributed by atoms with Crippen molar-refractivity contribution in [2.45, 2.75) is 57.5 Å². The molecule has 0 radical (unpaired) electrons. The van der Waals surface area contributed by atoms with Crippen molar-refractivity contribution in [3.8, 4) is 0 Å². The second-order valence-corrected chi connectivity index (χ2v) is 10.4. The number of carbonyl (C=O) groups excluding carboxylic acids is 1. The van der Waals surface area contributed by atoms with Crippen molar-refractivity contribution < 1.29 is 22.0 Å². The van der Waals surface area contributed by atoms with Crippen molar-refractivity contribution in [3.05, 3.63) is 64.2 Å². The summed E-state index contributed by atoms with van der Waals surface area (Å²) in [5.74, 6) is -1.90. The van der Waals surface area contributed by atoms with E-state index in [1.54, 1.807) is 19.9 Å². The molecule has 9 heteroatoms. The van der Waals surface area contributed by atoms with Gasteiger partial charge >= 0.3 is 0 Å². The summed E-state index contributed by atoms with van der Waals surface area (Å²) >= 11 is 0. The van der Waals surface area contributed by atoms with E-state index in [0.717, 1.165) is 37.6 Å². The van der Waals surface area contributed by atoms with Gasteiger partial charge in [0.1, 0.15) is 0 Å². The van der Waals surface area contributed by atoms with Gasteiger partial charge in [0.2, 0.25) is 15.9 Å². The highest BCUT2D eigenvalue weighted by atomic mass is 32.2. The lowest BCUT2D eigenvalue weighted by Crippen LogP contribution is -2.45. The largest absolute Gasteiger partial charge is 0.353 e. The molecule has 2 aromatic rings. The Hall–Kier alpha value is -2.36. The predicted molar refractivity (Wildman–Crippen MR) is 123 cm³/mol. The number of hydrogen-bond donors (Lipinski definition) is 2. The van der Waals surface area contributed by atoms with Crippen molar-refractivity contribution in [1.29, 1.82) is 0 Å². The Labute approximate surface area is 194 Å². The van der Waals surface area contributed by atoms with Gasteiger partial charge in [-0.15, -0.1) is 0 Å². The van der Waals surface area contributed by atoms with Gasteiger partial charge in [-0.05, 0) is 62.4 Å². The number of amides is 1. The van der Waals surface area contributed by atoms with E-state index < -0.39 is 21.7 Å². The van der Waals surface area contributed by atoms with E-state index in [9.17, 15) is 22.0 Å². The average molecular weight is 480 g/mol. The highest BCUT2D eigenvalue weighted by molar-refractivity contribution is 7.89. The SMILES string of the molecule is Cc1cc(C)c(S(=O)(=O)NCCC(=O)NC2CCN(Cc3ccc(F)c(F)c3)CC2)c(C)c1. The third-order valence-electron chi connectivity index (χ3n) is 5.86. The third-order valence-corrected chi connectivity index (χ3v) is 7.63. The number of sulfonamides is 1. The minimum Gasteiger partial charge on any atom is -0.353 e. The molecule has 2 N–H and O–H groups in total. The lowest BCUT2D eigenvalue weighted by atomic mass is 10.0. The maximum Gasteiger partial charge on any atom is 0.241 e. The van der Waals surface area contributed by atoms with Crippen molar-refractivity contribution in [2.75, 3.05) is 19.6 Å². The zero-order chi connectivity index (χ0) is 24.2. The minimum absolute atomic E-state index is 0.0110. The topological polar surface area (TPSA) is 78.5 Å². The molecule has 1 heterocycles. The van der Waals surface area contributed by atoms with Crippen LogP contribution in [0.25, 0.3) is 0 Å². The fraction of sp³-hybridized carbons (Fsp3) is 0.458.